The van der Waals surface area contributed by atoms with Crippen molar-refractivity contribution in [2.45, 2.75) is 38.6 Å². The van der Waals surface area contributed by atoms with Gasteiger partial charge in [0.25, 0.3) is 0 Å². The average molecular weight is 205 g/mol. The molecule has 0 heterocycles. The van der Waals surface area contributed by atoms with Crippen molar-refractivity contribution in [2.24, 2.45) is 0 Å². The van der Waals surface area contributed by atoms with Crippen molar-refractivity contribution in [2.75, 3.05) is 18.1 Å². The Kier molecular flexibility index (Phi) is 4.19. The molecule has 1 N–H and O–H groups in total. The molecule has 1 aliphatic carbocycles. The van der Waals surface area contributed by atoms with Crippen LogP contribution < -0.4 is 5.32 Å². The number of rotatable bonds is 7. The smallest absolute Gasteiger partial charge is 0.150 e. The van der Waals surface area contributed by atoms with E-state index in [0.29, 0.717) is 17.5 Å². The summed E-state index contributed by atoms with van der Waals surface area (Å²) < 4.78 is 22.5. The second-order valence-electron chi connectivity index (χ2n) is 3.73. The third kappa shape index (κ3) is 5.26. The molecule has 13 heavy (non-hydrogen) atoms. The third-order valence-corrected chi connectivity index (χ3v) is 4.10. The standard InChI is InChI=1S/C9H19NO2S/c1-2-7-13(11,12)8-3-6-10-9-4-5-9/h9-10H,2-8H2,1H3. The lowest BCUT2D eigenvalue weighted by molar-refractivity contribution is 0.587. The van der Waals surface area contributed by atoms with Crippen molar-refractivity contribution in [3.63, 3.8) is 0 Å². The summed E-state index contributed by atoms with van der Waals surface area (Å²) in [4.78, 5) is 0. The minimum Gasteiger partial charge on any atom is -0.314 e. The van der Waals surface area contributed by atoms with E-state index in [2.05, 4.69) is 5.32 Å². The summed E-state index contributed by atoms with van der Waals surface area (Å²) in [6, 6.07) is 0.689. The Balaban J connectivity index is 2.02. The summed E-state index contributed by atoms with van der Waals surface area (Å²) in [6.07, 6.45) is 4.03. The zero-order valence-electron chi connectivity index (χ0n) is 8.25. The summed E-state index contributed by atoms with van der Waals surface area (Å²) in [5.74, 6) is 0.691. The summed E-state index contributed by atoms with van der Waals surface area (Å²) in [7, 11) is -2.75. The molecule has 0 aliphatic heterocycles. The monoisotopic (exact) mass is 205 g/mol. The normalized spacial score (nSPS) is 17.6. The molecule has 0 saturated heterocycles. The van der Waals surface area contributed by atoms with Crippen molar-refractivity contribution in [1.29, 1.82) is 0 Å². The molecule has 1 rings (SSSR count). The van der Waals surface area contributed by atoms with Gasteiger partial charge < -0.3 is 5.32 Å². The van der Waals surface area contributed by atoms with E-state index in [1.165, 1.54) is 12.8 Å². The maximum Gasteiger partial charge on any atom is 0.150 e. The molecule has 0 radical (unpaired) electrons. The first-order valence-electron chi connectivity index (χ1n) is 5.08. The van der Waals surface area contributed by atoms with Crippen LogP contribution >= 0.6 is 0 Å². The van der Waals surface area contributed by atoms with Gasteiger partial charge in [0.15, 0.2) is 0 Å². The van der Waals surface area contributed by atoms with E-state index in [9.17, 15) is 8.42 Å². The van der Waals surface area contributed by atoms with Gasteiger partial charge in [-0.25, -0.2) is 8.42 Å². The highest BCUT2D eigenvalue weighted by atomic mass is 32.2. The average Bonchev–Trinajstić information content (AvgIpc) is 2.81. The Morgan fingerprint density at radius 2 is 2.00 bits per heavy atom. The predicted molar refractivity (Wildman–Crippen MR) is 54.6 cm³/mol. The molecule has 3 nitrogen and oxygen atoms in total. The molecule has 0 aromatic carbocycles. The molecule has 0 bridgehead atoms. The fourth-order valence-electron chi connectivity index (χ4n) is 1.30. The van der Waals surface area contributed by atoms with Gasteiger partial charge in [-0.3, -0.25) is 0 Å². The minimum atomic E-state index is -2.75. The lowest BCUT2D eigenvalue weighted by atomic mass is 10.5. The third-order valence-electron chi connectivity index (χ3n) is 2.16. The number of sulfone groups is 1. The summed E-state index contributed by atoms with van der Waals surface area (Å²) in [5.41, 5.74) is 0. The van der Waals surface area contributed by atoms with Crippen LogP contribution in [0.25, 0.3) is 0 Å². The van der Waals surface area contributed by atoms with Crippen LogP contribution in [0, 0.1) is 0 Å². The summed E-state index contributed by atoms with van der Waals surface area (Å²) in [6.45, 7) is 2.76. The summed E-state index contributed by atoms with van der Waals surface area (Å²) >= 11 is 0. The zero-order chi connectivity index (χ0) is 9.73. The van der Waals surface area contributed by atoms with Crippen LogP contribution in [0.3, 0.4) is 0 Å². The molecular formula is C9H19NO2S. The van der Waals surface area contributed by atoms with E-state index in [1.807, 2.05) is 6.92 Å². The van der Waals surface area contributed by atoms with Gasteiger partial charge in [-0.2, -0.15) is 0 Å². The SMILES string of the molecule is CCCS(=O)(=O)CCCNC1CC1. The molecule has 1 aliphatic rings. The highest BCUT2D eigenvalue weighted by Crippen LogP contribution is 2.18. The molecule has 1 fully saturated rings. The maximum atomic E-state index is 11.3. The van der Waals surface area contributed by atoms with Crippen LogP contribution in [0.2, 0.25) is 0 Å². The van der Waals surface area contributed by atoms with Crippen molar-refractivity contribution in [3.05, 3.63) is 0 Å². The van der Waals surface area contributed by atoms with Gasteiger partial charge in [0.05, 0.1) is 5.75 Å². The fourth-order valence-corrected chi connectivity index (χ4v) is 2.71. The van der Waals surface area contributed by atoms with E-state index in [-0.39, 0.29) is 0 Å². The fraction of sp³-hybridized carbons (Fsp3) is 1.00. The molecule has 0 atom stereocenters. The van der Waals surface area contributed by atoms with Crippen molar-refractivity contribution in [1.82, 2.24) is 5.32 Å². The molecule has 0 amide bonds. The Labute approximate surface area is 80.8 Å². The number of nitrogens with one attached hydrogen (secondary N) is 1. The lowest BCUT2D eigenvalue weighted by Crippen LogP contribution is -2.21. The molecule has 0 aromatic rings. The van der Waals surface area contributed by atoms with E-state index >= 15 is 0 Å². The van der Waals surface area contributed by atoms with Crippen molar-refractivity contribution in [3.8, 4) is 0 Å². The first-order valence-corrected chi connectivity index (χ1v) is 6.90. The molecule has 0 aromatic heterocycles. The second-order valence-corrected chi connectivity index (χ2v) is 6.04. The Hall–Kier alpha value is -0.0900. The minimum absolute atomic E-state index is 0.344. The predicted octanol–water partition coefficient (Wildman–Crippen LogP) is 0.953. The van der Waals surface area contributed by atoms with Gasteiger partial charge >= 0.3 is 0 Å². The molecule has 0 spiro atoms. The molecule has 0 unspecified atom stereocenters. The van der Waals surface area contributed by atoms with Crippen LogP contribution in [0.5, 0.6) is 0 Å². The van der Waals surface area contributed by atoms with Gasteiger partial charge in [-0.05, 0) is 32.2 Å². The maximum absolute atomic E-state index is 11.3. The second kappa shape index (κ2) is 4.96. The lowest BCUT2D eigenvalue weighted by Gasteiger charge is -2.03. The van der Waals surface area contributed by atoms with Gasteiger partial charge in [-0.1, -0.05) is 6.92 Å². The van der Waals surface area contributed by atoms with Crippen LogP contribution in [-0.4, -0.2) is 32.5 Å². The Morgan fingerprint density at radius 1 is 1.31 bits per heavy atom. The van der Waals surface area contributed by atoms with Crippen LogP contribution in [0.4, 0.5) is 0 Å². The van der Waals surface area contributed by atoms with Crippen LogP contribution in [0.15, 0.2) is 0 Å². The highest BCUT2D eigenvalue weighted by molar-refractivity contribution is 7.91. The first-order chi connectivity index (χ1) is 6.14. The number of hydrogen-bond acceptors (Lipinski definition) is 3. The molecule has 78 valence electrons. The van der Waals surface area contributed by atoms with Crippen LogP contribution in [-0.2, 0) is 9.84 Å². The quantitative estimate of drug-likeness (QED) is 0.630. The van der Waals surface area contributed by atoms with E-state index < -0.39 is 9.84 Å². The van der Waals surface area contributed by atoms with Crippen molar-refractivity contribution < 1.29 is 8.42 Å². The van der Waals surface area contributed by atoms with Gasteiger partial charge in [-0.15, -0.1) is 0 Å². The summed E-state index contributed by atoms with van der Waals surface area (Å²) in [5, 5.41) is 3.31. The van der Waals surface area contributed by atoms with Crippen molar-refractivity contribution >= 4 is 9.84 Å². The number of hydrogen-bond donors (Lipinski definition) is 1. The van der Waals surface area contributed by atoms with Gasteiger partial charge in [0, 0.05) is 11.8 Å². The first kappa shape index (κ1) is 11.0. The topological polar surface area (TPSA) is 46.2 Å². The zero-order valence-corrected chi connectivity index (χ0v) is 9.07. The largest absolute Gasteiger partial charge is 0.314 e. The molecule has 1 saturated carbocycles. The Bertz CT molecular complexity index is 232. The van der Waals surface area contributed by atoms with Crippen LogP contribution in [0.1, 0.15) is 32.6 Å². The van der Waals surface area contributed by atoms with E-state index in [1.54, 1.807) is 0 Å². The van der Waals surface area contributed by atoms with E-state index in [0.717, 1.165) is 19.4 Å². The molecular weight excluding hydrogens is 186 g/mol. The highest BCUT2D eigenvalue weighted by Gasteiger charge is 2.19. The Morgan fingerprint density at radius 3 is 2.54 bits per heavy atom. The molecule has 4 heteroatoms. The van der Waals surface area contributed by atoms with E-state index in [4.69, 9.17) is 0 Å². The van der Waals surface area contributed by atoms with Gasteiger partial charge in [0.1, 0.15) is 9.84 Å². The van der Waals surface area contributed by atoms with Gasteiger partial charge in [0.2, 0.25) is 0 Å².